The van der Waals surface area contributed by atoms with E-state index in [1.54, 1.807) is 0 Å². The number of halogens is 1. The minimum absolute atomic E-state index is 0.295. The lowest BCUT2D eigenvalue weighted by atomic mass is 10.1. The highest BCUT2D eigenvalue weighted by molar-refractivity contribution is 6.04. The third-order valence-corrected chi connectivity index (χ3v) is 5.13. The molecule has 0 saturated heterocycles. The molecule has 0 spiro atoms. The first-order chi connectivity index (χ1) is 15.7. The number of carbonyl (C=O) groups is 1. The third kappa shape index (κ3) is 4.16. The summed E-state index contributed by atoms with van der Waals surface area (Å²) < 4.78 is 24.3. The maximum Gasteiger partial charge on any atom is 0.255 e. The lowest BCUT2D eigenvalue weighted by molar-refractivity contribution is 0.102. The fourth-order valence-electron chi connectivity index (χ4n) is 3.49. The van der Waals surface area contributed by atoms with Crippen LogP contribution >= 0.6 is 0 Å². The maximum absolute atomic E-state index is 13.0. The molecule has 158 valence electrons. The Morgan fingerprint density at radius 3 is 2.19 bits per heavy atom. The number of carbonyl (C=O) groups excluding carboxylic acids is 1. The maximum atomic E-state index is 13.0. The van der Waals surface area contributed by atoms with E-state index in [-0.39, 0.29) is 11.7 Å². The number of ether oxygens (including phenoxy) is 2. The summed E-state index contributed by atoms with van der Waals surface area (Å²) in [6.45, 7) is 1.09. The van der Waals surface area contributed by atoms with Crippen LogP contribution in [0.2, 0.25) is 0 Å². The zero-order valence-electron chi connectivity index (χ0n) is 17.0. The molecule has 5 rings (SSSR count). The molecule has 0 bridgehead atoms. The van der Waals surface area contributed by atoms with Crippen LogP contribution < -0.4 is 14.8 Å². The summed E-state index contributed by atoms with van der Waals surface area (Å²) in [7, 11) is 0. The van der Waals surface area contributed by atoms with Crippen molar-refractivity contribution in [3.8, 4) is 34.0 Å². The molecule has 1 amide bonds. The second-order valence-electron chi connectivity index (χ2n) is 7.30. The number of aromatic nitrogens is 1. The number of amides is 1. The molecular weight excluding hydrogens is 407 g/mol. The molecule has 0 fully saturated rings. The van der Waals surface area contributed by atoms with Gasteiger partial charge in [-0.1, -0.05) is 18.2 Å². The fourth-order valence-corrected chi connectivity index (χ4v) is 3.49. The molecule has 3 aromatic carbocycles. The van der Waals surface area contributed by atoms with Gasteiger partial charge in [0.1, 0.15) is 19.0 Å². The minimum Gasteiger partial charge on any atom is -0.486 e. The predicted octanol–water partition coefficient (Wildman–Crippen LogP) is 5.58. The van der Waals surface area contributed by atoms with Crippen molar-refractivity contribution in [1.29, 1.82) is 0 Å². The van der Waals surface area contributed by atoms with Crippen LogP contribution in [0, 0.1) is 5.82 Å². The van der Waals surface area contributed by atoms with Crippen LogP contribution in [0.4, 0.5) is 10.1 Å². The number of fused-ring (bicyclic) bond motifs is 1. The first-order valence-electron chi connectivity index (χ1n) is 10.2. The van der Waals surface area contributed by atoms with E-state index in [2.05, 4.69) is 5.32 Å². The minimum atomic E-state index is -0.378. The number of nitrogens with one attached hydrogen (secondary N) is 1. The zero-order chi connectivity index (χ0) is 21.9. The Morgan fingerprint density at radius 2 is 1.44 bits per heavy atom. The number of nitrogens with zero attached hydrogens (tertiary/aromatic N) is 1. The molecule has 32 heavy (non-hydrogen) atoms. The lowest BCUT2D eigenvalue weighted by Crippen LogP contribution is -2.15. The molecular formula is C26H19FN2O3. The largest absolute Gasteiger partial charge is 0.486 e. The van der Waals surface area contributed by atoms with Gasteiger partial charge in [0.25, 0.3) is 5.91 Å². The van der Waals surface area contributed by atoms with Crippen LogP contribution in [0.25, 0.3) is 22.5 Å². The topological polar surface area (TPSA) is 60.5 Å². The van der Waals surface area contributed by atoms with Gasteiger partial charge in [-0.2, -0.15) is 0 Å². The summed E-state index contributed by atoms with van der Waals surface area (Å²) in [5, 5.41) is 2.82. The number of benzene rings is 3. The highest BCUT2D eigenvalue weighted by Gasteiger charge is 2.13. The Kier molecular flexibility index (Phi) is 5.25. The predicted molar refractivity (Wildman–Crippen MR) is 120 cm³/mol. The first-order valence-corrected chi connectivity index (χ1v) is 10.2. The monoisotopic (exact) mass is 426 g/mol. The SMILES string of the molecule is O=C(Nc1ccc(-c2cccc(-c3ccc4c(c3)OCCO4)n2)cc1)c1ccc(F)cc1. The highest BCUT2D eigenvalue weighted by atomic mass is 19.1. The first kappa shape index (κ1) is 19.8. The van der Waals surface area contributed by atoms with Gasteiger partial charge in [0.05, 0.1) is 11.4 Å². The van der Waals surface area contributed by atoms with Gasteiger partial charge < -0.3 is 14.8 Å². The summed E-state index contributed by atoms with van der Waals surface area (Å²) in [5.74, 6) is 0.796. The Hall–Kier alpha value is -4.19. The van der Waals surface area contributed by atoms with Crippen LogP contribution in [0.5, 0.6) is 11.5 Å². The van der Waals surface area contributed by atoms with Crippen LogP contribution in [0.1, 0.15) is 10.4 Å². The zero-order valence-corrected chi connectivity index (χ0v) is 17.0. The fraction of sp³-hybridized carbons (Fsp3) is 0.0769. The number of hydrogen-bond donors (Lipinski definition) is 1. The van der Waals surface area contributed by atoms with E-state index in [1.807, 2.05) is 60.7 Å². The number of rotatable bonds is 4. The van der Waals surface area contributed by atoms with Crippen LogP contribution in [-0.4, -0.2) is 24.1 Å². The molecule has 0 saturated carbocycles. The van der Waals surface area contributed by atoms with E-state index in [4.69, 9.17) is 14.5 Å². The van der Waals surface area contributed by atoms with E-state index in [0.717, 1.165) is 34.0 Å². The molecule has 1 aliphatic rings. The molecule has 6 heteroatoms. The molecule has 1 aromatic heterocycles. The molecule has 0 unspecified atom stereocenters. The standard InChI is InChI=1S/C26H19FN2O3/c27-20-9-4-18(5-10-20)26(30)28-21-11-6-17(7-12-21)22-2-1-3-23(29-22)19-8-13-24-25(16-19)32-15-14-31-24/h1-13,16H,14-15H2,(H,28,30). The second kappa shape index (κ2) is 8.51. The molecule has 4 aromatic rings. The third-order valence-electron chi connectivity index (χ3n) is 5.13. The second-order valence-corrected chi connectivity index (χ2v) is 7.30. The Bertz CT molecular complexity index is 1270. The molecule has 5 nitrogen and oxygen atoms in total. The van der Waals surface area contributed by atoms with Gasteiger partial charge in [0, 0.05) is 22.4 Å². The van der Waals surface area contributed by atoms with Crippen LogP contribution in [0.15, 0.2) is 84.9 Å². The quantitative estimate of drug-likeness (QED) is 0.463. The summed E-state index contributed by atoms with van der Waals surface area (Å²) in [6, 6.07) is 24.5. The van der Waals surface area contributed by atoms with Crippen molar-refractivity contribution in [3.63, 3.8) is 0 Å². The number of pyridine rings is 1. The van der Waals surface area contributed by atoms with E-state index in [1.165, 1.54) is 24.3 Å². The number of anilines is 1. The summed E-state index contributed by atoms with van der Waals surface area (Å²) in [6.07, 6.45) is 0. The van der Waals surface area contributed by atoms with Crippen molar-refractivity contribution in [2.24, 2.45) is 0 Å². The number of hydrogen-bond acceptors (Lipinski definition) is 4. The van der Waals surface area contributed by atoms with Gasteiger partial charge in [-0.3, -0.25) is 4.79 Å². The van der Waals surface area contributed by atoms with Gasteiger partial charge in [-0.15, -0.1) is 0 Å². The molecule has 2 heterocycles. The van der Waals surface area contributed by atoms with Crippen molar-refractivity contribution < 1.29 is 18.7 Å². The average molecular weight is 426 g/mol. The Morgan fingerprint density at radius 1 is 0.781 bits per heavy atom. The van der Waals surface area contributed by atoms with Crippen molar-refractivity contribution >= 4 is 11.6 Å². The lowest BCUT2D eigenvalue weighted by Gasteiger charge is -2.18. The summed E-state index contributed by atoms with van der Waals surface area (Å²) in [5.41, 5.74) is 4.54. The van der Waals surface area contributed by atoms with Crippen molar-refractivity contribution in [1.82, 2.24) is 4.98 Å². The van der Waals surface area contributed by atoms with Gasteiger partial charge in [-0.25, -0.2) is 9.37 Å². The van der Waals surface area contributed by atoms with E-state index < -0.39 is 0 Å². The normalized spacial score (nSPS) is 12.3. The van der Waals surface area contributed by atoms with Gasteiger partial charge in [0.15, 0.2) is 11.5 Å². The van der Waals surface area contributed by atoms with Crippen molar-refractivity contribution in [2.45, 2.75) is 0 Å². The van der Waals surface area contributed by atoms with E-state index in [9.17, 15) is 9.18 Å². The molecule has 1 N–H and O–H groups in total. The van der Waals surface area contributed by atoms with Gasteiger partial charge in [0.2, 0.25) is 0 Å². The molecule has 0 radical (unpaired) electrons. The van der Waals surface area contributed by atoms with E-state index >= 15 is 0 Å². The molecule has 1 aliphatic heterocycles. The van der Waals surface area contributed by atoms with E-state index in [0.29, 0.717) is 24.5 Å². The Balaban J connectivity index is 1.34. The molecule has 0 aliphatic carbocycles. The van der Waals surface area contributed by atoms with Gasteiger partial charge in [-0.05, 0) is 66.7 Å². The smallest absolute Gasteiger partial charge is 0.255 e. The average Bonchev–Trinajstić information content (AvgIpc) is 2.84. The van der Waals surface area contributed by atoms with Crippen LogP contribution in [-0.2, 0) is 0 Å². The summed E-state index contributed by atoms with van der Waals surface area (Å²) >= 11 is 0. The van der Waals surface area contributed by atoms with Crippen LogP contribution in [0.3, 0.4) is 0 Å². The molecule has 0 atom stereocenters. The van der Waals surface area contributed by atoms with Crippen molar-refractivity contribution in [3.05, 3.63) is 96.3 Å². The van der Waals surface area contributed by atoms with Crippen molar-refractivity contribution in [2.75, 3.05) is 18.5 Å². The Labute approximate surface area is 184 Å². The van der Waals surface area contributed by atoms with Gasteiger partial charge >= 0.3 is 0 Å². The highest BCUT2D eigenvalue weighted by Crippen LogP contribution is 2.34. The summed E-state index contributed by atoms with van der Waals surface area (Å²) in [4.78, 5) is 17.1.